The van der Waals surface area contributed by atoms with Gasteiger partial charge in [0.1, 0.15) is 17.8 Å². The van der Waals surface area contributed by atoms with Gasteiger partial charge in [-0.25, -0.2) is 15.0 Å². The van der Waals surface area contributed by atoms with E-state index >= 15 is 0 Å². The predicted molar refractivity (Wildman–Crippen MR) is 260 cm³/mol. The van der Waals surface area contributed by atoms with E-state index in [4.69, 9.17) is 15.0 Å². The highest BCUT2D eigenvalue weighted by atomic mass is 15.2. The minimum Gasteiger partial charge on any atom is -0.344 e. The van der Waals surface area contributed by atoms with Crippen molar-refractivity contribution in [3.05, 3.63) is 235 Å². The second-order valence-electron chi connectivity index (χ2n) is 15.9. The van der Waals surface area contributed by atoms with Gasteiger partial charge in [-0.1, -0.05) is 188 Å². The van der Waals surface area contributed by atoms with Crippen molar-refractivity contribution in [3.63, 3.8) is 0 Å². The van der Waals surface area contributed by atoms with E-state index < -0.39 is 0 Å². The standard InChI is InChI=1S/C57H38N6/c1-3-12-37(13-4-1)38-22-26-43(27-23-38)55-60-54(42-15-5-2-6-16-42)61-56(62-55)44-28-24-39(25-29-44)40-30-32-45(33-31-40)63-53-51-36-58-35-34-48(51)47-19-9-10-20-49(47)52(53)59-57(63)50-21-11-17-41-14-7-8-18-46(41)50/h1-36,54H,(H,60,61,62). The molecule has 0 saturated heterocycles. The molecule has 0 saturated carbocycles. The van der Waals surface area contributed by atoms with Crippen molar-refractivity contribution in [2.24, 2.45) is 9.98 Å². The lowest BCUT2D eigenvalue weighted by Gasteiger charge is -2.24. The zero-order valence-corrected chi connectivity index (χ0v) is 34.1. The molecule has 63 heavy (non-hydrogen) atoms. The summed E-state index contributed by atoms with van der Waals surface area (Å²) in [7, 11) is 0. The van der Waals surface area contributed by atoms with Crippen molar-refractivity contribution in [2.75, 3.05) is 0 Å². The van der Waals surface area contributed by atoms with Crippen LogP contribution >= 0.6 is 0 Å². The van der Waals surface area contributed by atoms with Crippen LogP contribution < -0.4 is 5.32 Å². The van der Waals surface area contributed by atoms with Gasteiger partial charge in [-0.05, 0) is 67.6 Å². The van der Waals surface area contributed by atoms with Gasteiger partial charge >= 0.3 is 0 Å². The van der Waals surface area contributed by atoms with Crippen LogP contribution in [-0.4, -0.2) is 26.2 Å². The van der Waals surface area contributed by atoms with Crippen LogP contribution in [0.3, 0.4) is 0 Å². The molecule has 2 aromatic heterocycles. The Morgan fingerprint density at radius 1 is 0.444 bits per heavy atom. The summed E-state index contributed by atoms with van der Waals surface area (Å²) in [5, 5.41) is 10.5. The number of amidine groups is 2. The second kappa shape index (κ2) is 15.2. The van der Waals surface area contributed by atoms with Gasteiger partial charge in [-0.3, -0.25) is 9.55 Å². The third-order valence-corrected chi connectivity index (χ3v) is 12.2. The Labute approximate surface area is 364 Å². The Bertz CT molecular complexity index is 3550. The molecule has 1 unspecified atom stereocenters. The summed E-state index contributed by atoms with van der Waals surface area (Å²) < 4.78 is 2.32. The number of hydrogen-bond acceptors (Lipinski definition) is 5. The van der Waals surface area contributed by atoms with E-state index in [1.807, 2.05) is 36.7 Å². The highest BCUT2D eigenvalue weighted by Gasteiger charge is 2.23. The molecule has 0 amide bonds. The van der Waals surface area contributed by atoms with Crippen LogP contribution in [0.2, 0.25) is 0 Å². The fourth-order valence-electron chi connectivity index (χ4n) is 9.05. The molecule has 0 radical (unpaired) electrons. The van der Waals surface area contributed by atoms with Gasteiger partial charge in [0.2, 0.25) is 0 Å². The molecule has 11 aromatic rings. The van der Waals surface area contributed by atoms with Crippen LogP contribution in [0.4, 0.5) is 0 Å². The molecule has 6 nitrogen and oxygen atoms in total. The van der Waals surface area contributed by atoms with Crippen LogP contribution in [0, 0.1) is 0 Å². The SMILES string of the molecule is c1ccc(-c2ccc(C3=NC(c4ccccc4)NC(c4ccc(-c5ccc(-n6c(-c7cccc8ccccc78)nc7c8ccccc8c8ccncc8c76)cc5)cc4)=N3)cc2)cc1. The van der Waals surface area contributed by atoms with Crippen LogP contribution in [0.25, 0.3) is 82.7 Å². The minimum absolute atomic E-state index is 0.279. The Kier molecular flexibility index (Phi) is 8.78. The summed E-state index contributed by atoms with van der Waals surface area (Å²) in [4.78, 5) is 20.3. The molecule has 3 heterocycles. The lowest BCUT2D eigenvalue weighted by molar-refractivity contribution is 0.674. The van der Waals surface area contributed by atoms with Crippen molar-refractivity contribution in [3.8, 4) is 39.3 Å². The fraction of sp³-hybridized carbons (Fsp3) is 0.0175. The van der Waals surface area contributed by atoms with Gasteiger partial charge in [0, 0.05) is 45.5 Å². The maximum Gasteiger partial charge on any atom is 0.159 e. The van der Waals surface area contributed by atoms with Crippen molar-refractivity contribution in [1.29, 1.82) is 0 Å². The quantitative estimate of drug-likeness (QED) is 0.163. The number of aliphatic imine (C=N–C) groups is 2. The number of pyridine rings is 1. The lowest BCUT2D eigenvalue weighted by Crippen LogP contribution is -2.33. The van der Waals surface area contributed by atoms with Crippen LogP contribution in [0.1, 0.15) is 22.9 Å². The molecular weight excluding hydrogens is 769 g/mol. The number of hydrogen-bond donors (Lipinski definition) is 1. The number of nitrogens with zero attached hydrogens (tertiary/aromatic N) is 5. The zero-order valence-electron chi connectivity index (χ0n) is 34.1. The average Bonchev–Trinajstić information content (AvgIpc) is 3.78. The molecule has 0 fully saturated rings. The van der Waals surface area contributed by atoms with E-state index in [9.17, 15) is 0 Å². The van der Waals surface area contributed by atoms with Gasteiger partial charge in [-0.2, -0.15) is 0 Å². The topological polar surface area (TPSA) is 67.5 Å². The number of nitrogens with one attached hydrogen (secondary N) is 1. The third kappa shape index (κ3) is 6.44. The zero-order chi connectivity index (χ0) is 41.7. The van der Waals surface area contributed by atoms with Crippen LogP contribution in [0.15, 0.2) is 229 Å². The van der Waals surface area contributed by atoms with E-state index in [1.165, 1.54) is 16.3 Å². The fourth-order valence-corrected chi connectivity index (χ4v) is 9.05. The van der Waals surface area contributed by atoms with Crippen molar-refractivity contribution >= 4 is 55.0 Å². The van der Waals surface area contributed by atoms with Crippen molar-refractivity contribution in [1.82, 2.24) is 19.9 Å². The lowest BCUT2D eigenvalue weighted by atomic mass is 10.0. The first kappa shape index (κ1) is 36.4. The first-order chi connectivity index (χ1) is 31.2. The van der Waals surface area contributed by atoms with E-state index in [0.29, 0.717) is 5.84 Å². The predicted octanol–water partition coefficient (Wildman–Crippen LogP) is 13.4. The monoisotopic (exact) mass is 806 g/mol. The molecule has 6 heteroatoms. The number of rotatable bonds is 7. The number of benzene rings is 9. The Hall–Kier alpha value is -8.48. The van der Waals surface area contributed by atoms with Crippen molar-refractivity contribution in [2.45, 2.75) is 6.17 Å². The van der Waals surface area contributed by atoms with Gasteiger partial charge in [0.05, 0.1) is 11.0 Å². The van der Waals surface area contributed by atoms with Gasteiger partial charge in [-0.15, -0.1) is 0 Å². The first-order valence-corrected chi connectivity index (χ1v) is 21.2. The van der Waals surface area contributed by atoms with Crippen LogP contribution in [-0.2, 0) is 0 Å². The highest BCUT2D eigenvalue weighted by Crippen LogP contribution is 2.40. The maximum atomic E-state index is 5.50. The molecule has 1 atom stereocenters. The first-order valence-electron chi connectivity index (χ1n) is 21.2. The van der Waals surface area contributed by atoms with E-state index in [0.717, 1.165) is 88.9 Å². The summed E-state index contributed by atoms with van der Waals surface area (Å²) in [6.07, 6.45) is 3.58. The molecule has 296 valence electrons. The molecule has 0 bridgehead atoms. The Morgan fingerprint density at radius 3 is 1.76 bits per heavy atom. The molecule has 9 aromatic carbocycles. The molecule has 1 N–H and O–H groups in total. The van der Waals surface area contributed by atoms with E-state index in [2.05, 4.69) is 197 Å². The molecule has 1 aliphatic rings. The van der Waals surface area contributed by atoms with E-state index in [-0.39, 0.29) is 6.17 Å². The highest BCUT2D eigenvalue weighted by molar-refractivity contribution is 6.24. The molecular formula is C57H38N6. The largest absolute Gasteiger partial charge is 0.344 e. The summed E-state index contributed by atoms with van der Waals surface area (Å²) in [6, 6.07) is 72.4. The summed E-state index contributed by atoms with van der Waals surface area (Å²) in [6.45, 7) is 0. The van der Waals surface area contributed by atoms with Gasteiger partial charge in [0.25, 0.3) is 0 Å². The second-order valence-corrected chi connectivity index (χ2v) is 15.9. The molecule has 1 aliphatic heterocycles. The summed E-state index contributed by atoms with van der Waals surface area (Å²) in [5.74, 6) is 2.37. The average molecular weight is 807 g/mol. The normalized spacial score (nSPS) is 13.9. The van der Waals surface area contributed by atoms with Crippen molar-refractivity contribution < 1.29 is 0 Å². The Morgan fingerprint density at radius 2 is 1.02 bits per heavy atom. The smallest absolute Gasteiger partial charge is 0.159 e. The van der Waals surface area contributed by atoms with Gasteiger partial charge in [0.15, 0.2) is 5.84 Å². The molecule has 0 aliphatic carbocycles. The maximum absolute atomic E-state index is 5.50. The Balaban J connectivity index is 0.923. The minimum atomic E-state index is -0.279. The number of imidazole rings is 1. The number of fused-ring (bicyclic) bond motifs is 7. The van der Waals surface area contributed by atoms with Crippen LogP contribution in [0.5, 0.6) is 0 Å². The summed E-state index contributed by atoms with van der Waals surface area (Å²) >= 11 is 0. The van der Waals surface area contributed by atoms with Gasteiger partial charge < -0.3 is 5.32 Å². The molecule has 12 rings (SSSR count). The summed E-state index contributed by atoms with van der Waals surface area (Å²) in [5.41, 5.74) is 11.7. The molecule has 0 spiro atoms. The van der Waals surface area contributed by atoms with E-state index in [1.54, 1.807) is 0 Å². The number of aromatic nitrogens is 3. The third-order valence-electron chi connectivity index (χ3n) is 12.2.